The summed E-state index contributed by atoms with van der Waals surface area (Å²) in [5, 5.41) is 3.15. The number of hydrogen-bond acceptors (Lipinski definition) is 4. The van der Waals surface area contributed by atoms with Crippen LogP contribution < -0.4 is 5.32 Å². The maximum atomic E-state index is 12.4. The molecule has 126 valence electrons. The van der Waals surface area contributed by atoms with Crippen LogP contribution in [0.1, 0.15) is 24.5 Å². The molecule has 4 nitrogen and oxygen atoms in total. The van der Waals surface area contributed by atoms with E-state index in [2.05, 4.69) is 41.2 Å². The number of nitrogens with zero attached hydrogens (tertiary/aromatic N) is 2. The largest absolute Gasteiger partial charge is 0.325 e. The van der Waals surface area contributed by atoms with Crippen LogP contribution in [0.4, 0.5) is 5.69 Å². The summed E-state index contributed by atoms with van der Waals surface area (Å²) in [6, 6.07) is 6.84. The number of fused-ring (bicyclic) bond motifs is 1. The van der Waals surface area contributed by atoms with Crippen LogP contribution in [-0.4, -0.2) is 59.9 Å². The normalized spacial score (nSPS) is 21.4. The van der Waals surface area contributed by atoms with Gasteiger partial charge in [0.15, 0.2) is 0 Å². The van der Waals surface area contributed by atoms with Crippen molar-refractivity contribution in [1.29, 1.82) is 0 Å². The molecule has 1 N–H and O–H groups in total. The van der Waals surface area contributed by atoms with Gasteiger partial charge in [0.25, 0.3) is 0 Å². The van der Waals surface area contributed by atoms with Crippen molar-refractivity contribution in [3.8, 4) is 0 Å². The minimum absolute atomic E-state index is 0.107. The summed E-state index contributed by atoms with van der Waals surface area (Å²) >= 11 is 1.98. The van der Waals surface area contributed by atoms with Gasteiger partial charge in [-0.1, -0.05) is 19.1 Å². The van der Waals surface area contributed by atoms with E-state index in [0.29, 0.717) is 12.6 Å². The van der Waals surface area contributed by atoms with E-state index >= 15 is 0 Å². The quantitative estimate of drug-likeness (QED) is 0.898. The van der Waals surface area contributed by atoms with Crippen LogP contribution >= 0.6 is 11.8 Å². The average molecular weight is 334 g/mol. The maximum Gasteiger partial charge on any atom is 0.238 e. The second kappa shape index (κ2) is 7.69. The smallest absolute Gasteiger partial charge is 0.238 e. The standard InChI is InChI=1S/C18H27N3OS/c1-3-21-9-7-16-14(11-21)5-4-6-17(16)19-18(22)12-20(2)15-8-10-23-13-15/h4-6,15H,3,7-13H2,1-2H3,(H,19,22). The number of carbonyl (C=O) groups excluding carboxylic acids is 1. The van der Waals surface area contributed by atoms with Crippen LogP contribution in [0, 0.1) is 0 Å². The van der Waals surface area contributed by atoms with Gasteiger partial charge in [0, 0.05) is 30.6 Å². The van der Waals surface area contributed by atoms with Gasteiger partial charge in [-0.2, -0.15) is 11.8 Å². The highest BCUT2D eigenvalue weighted by Gasteiger charge is 2.23. The van der Waals surface area contributed by atoms with Gasteiger partial charge in [-0.05, 0) is 49.4 Å². The molecule has 1 atom stereocenters. The van der Waals surface area contributed by atoms with Gasteiger partial charge in [-0.15, -0.1) is 0 Å². The molecule has 0 aromatic heterocycles. The molecule has 5 heteroatoms. The lowest BCUT2D eigenvalue weighted by molar-refractivity contribution is -0.117. The monoisotopic (exact) mass is 333 g/mol. The van der Waals surface area contributed by atoms with E-state index in [0.717, 1.165) is 37.5 Å². The Kier molecular flexibility index (Phi) is 5.62. The number of benzene rings is 1. The highest BCUT2D eigenvalue weighted by molar-refractivity contribution is 7.99. The van der Waals surface area contributed by atoms with Crippen LogP contribution in [0.2, 0.25) is 0 Å². The predicted molar refractivity (Wildman–Crippen MR) is 98.1 cm³/mol. The Morgan fingerprint density at radius 1 is 1.48 bits per heavy atom. The van der Waals surface area contributed by atoms with E-state index in [4.69, 9.17) is 0 Å². The van der Waals surface area contributed by atoms with Crippen LogP contribution in [0.15, 0.2) is 18.2 Å². The molecule has 2 aliphatic rings. The van der Waals surface area contributed by atoms with Crippen molar-refractivity contribution < 1.29 is 4.79 Å². The lowest BCUT2D eigenvalue weighted by atomic mass is 9.97. The average Bonchev–Trinajstić information content (AvgIpc) is 3.09. The molecule has 0 radical (unpaired) electrons. The first-order valence-corrected chi connectivity index (χ1v) is 9.73. The fourth-order valence-corrected chi connectivity index (χ4v) is 4.77. The van der Waals surface area contributed by atoms with Gasteiger partial charge in [0.1, 0.15) is 0 Å². The molecule has 23 heavy (non-hydrogen) atoms. The topological polar surface area (TPSA) is 35.6 Å². The lowest BCUT2D eigenvalue weighted by Gasteiger charge is -2.29. The minimum atomic E-state index is 0.107. The Labute approximate surface area is 143 Å². The first kappa shape index (κ1) is 16.8. The maximum absolute atomic E-state index is 12.4. The lowest BCUT2D eigenvalue weighted by Crippen LogP contribution is -2.38. The van der Waals surface area contributed by atoms with Crippen LogP contribution in [0.25, 0.3) is 0 Å². The van der Waals surface area contributed by atoms with E-state index in [1.165, 1.54) is 23.3 Å². The fraction of sp³-hybridized carbons (Fsp3) is 0.611. The van der Waals surface area contributed by atoms with E-state index in [1.54, 1.807) is 0 Å². The Morgan fingerprint density at radius 3 is 3.09 bits per heavy atom. The molecule has 0 saturated carbocycles. The van der Waals surface area contributed by atoms with Crippen molar-refractivity contribution >= 4 is 23.4 Å². The summed E-state index contributed by atoms with van der Waals surface area (Å²) in [5.41, 5.74) is 3.69. The Bertz CT molecular complexity index is 557. The van der Waals surface area contributed by atoms with Crippen LogP contribution in [-0.2, 0) is 17.8 Å². The number of rotatable bonds is 5. The van der Waals surface area contributed by atoms with E-state index < -0.39 is 0 Å². The summed E-state index contributed by atoms with van der Waals surface area (Å²) in [6.07, 6.45) is 2.22. The number of anilines is 1. The fourth-order valence-electron chi connectivity index (χ4n) is 3.47. The summed E-state index contributed by atoms with van der Waals surface area (Å²) in [4.78, 5) is 17.1. The molecule has 1 aromatic rings. The van der Waals surface area contributed by atoms with Crippen LogP contribution in [0.3, 0.4) is 0 Å². The molecule has 2 aliphatic heterocycles. The number of hydrogen-bond donors (Lipinski definition) is 1. The van der Waals surface area contributed by atoms with Crippen molar-refractivity contribution in [1.82, 2.24) is 9.80 Å². The highest BCUT2D eigenvalue weighted by Crippen LogP contribution is 2.26. The van der Waals surface area contributed by atoms with Crippen molar-refractivity contribution in [2.75, 3.05) is 43.5 Å². The third-order valence-corrected chi connectivity index (χ3v) is 6.13. The zero-order valence-electron chi connectivity index (χ0n) is 14.2. The summed E-state index contributed by atoms with van der Waals surface area (Å²) in [7, 11) is 2.07. The number of carbonyl (C=O) groups is 1. The summed E-state index contributed by atoms with van der Waals surface area (Å²) in [6.45, 7) is 5.84. The second-order valence-electron chi connectivity index (χ2n) is 6.54. The Hall–Kier alpha value is -1.04. The molecular weight excluding hydrogens is 306 g/mol. The van der Waals surface area contributed by atoms with Gasteiger partial charge < -0.3 is 5.32 Å². The third kappa shape index (κ3) is 4.08. The molecule has 1 fully saturated rings. The zero-order valence-corrected chi connectivity index (χ0v) is 15.0. The SMILES string of the molecule is CCN1CCc2c(cccc2NC(=O)CN(C)C2CCSC2)C1. The Balaban J connectivity index is 1.62. The number of amides is 1. The number of thioether (sulfide) groups is 1. The minimum Gasteiger partial charge on any atom is -0.325 e. The van der Waals surface area contributed by atoms with Gasteiger partial charge in [-0.3, -0.25) is 14.6 Å². The molecule has 0 spiro atoms. The first-order valence-electron chi connectivity index (χ1n) is 8.58. The molecule has 1 amide bonds. The predicted octanol–water partition coefficient (Wildman–Crippen LogP) is 2.44. The van der Waals surface area contributed by atoms with Gasteiger partial charge >= 0.3 is 0 Å². The molecule has 2 heterocycles. The van der Waals surface area contributed by atoms with Crippen molar-refractivity contribution in [2.24, 2.45) is 0 Å². The molecular formula is C18H27N3OS. The van der Waals surface area contributed by atoms with E-state index in [1.807, 2.05) is 17.8 Å². The van der Waals surface area contributed by atoms with Gasteiger partial charge in [0.2, 0.25) is 5.91 Å². The highest BCUT2D eigenvalue weighted by atomic mass is 32.2. The van der Waals surface area contributed by atoms with Gasteiger partial charge in [0.05, 0.1) is 6.54 Å². The Morgan fingerprint density at radius 2 is 2.35 bits per heavy atom. The van der Waals surface area contributed by atoms with E-state index in [9.17, 15) is 4.79 Å². The molecule has 1 unspecified atom stereocenters. The van der Waals surface area contributed by atoms with Crippen LogP contribution in [0.5, 0.6) is 0 Å². The molecule has 1 saturated heterocycles. The van der Waals surface area contributed by atoms with Crippen molar-refractivity contribution in [3.05, 3.63) is 29.3 Å². The van der Waals surface area contributed by atoms with E-state index in [-0.39, 0.29) is 5.91 Å². The molecule has 1 aromatic carbocycles. The van der Waals surface area contributed by atoms with Crippen molar-refractivity contribution in [3.63, 3.8) is 0 Å². The molecule has 0 bridgehead atoms. The van der Waals surface area contributed by atoms with Crippen molar-refractivity contribution in [2.45, 2.75) is 32.4 Å². The van der Waals surface area contributed by atoms with Gasteiger partial charge in [-0.25, -0.2) is 0 Å². The first-order chi connectivity index (χ1) is 11.2. The molecule has 3 rings (SSSR count). The summed E-state index contributed by atoms with van der Waals surface area (Å²) in [5.74, 6) is 2.48. The number of likely N-dealkylation sites (N-methyl/N-ethyl adjacent to an activating group) is 2. The molecule has 0 aliphatic carbocycles. The summed E-state index contributed by atoms with van der Waals surface area (Å²) < 4.78 is 0. The zero-order chi connectivity index (χ0) is 16.2. The third-order valence-electron chi connectivity index (χ3n) is 4.99. The second-order valence-corrected chi connectivity index (χ2v) is 7.69. The number of nitrogens with one attached hydrogen (secondary N) is 1.